The highest BCUT2D eigenvalue weighted by Gasteiger charge is 2.42. The number of halogens is 1. The second kappa shape index (κ2) is 6.66. The molecule has 1 aliphatic heterocycles. The molecule has 2 aromatic carbocycles. The van der Waals surface area contributed by atoms with E-state index in [2.05, 4.69) is 0 Å². The van der Waals surface area contributed by atoms with Crippen LogP contribution >= 0.6 is 0 Å². The molecule has 2 aromatic rings. The summed E-state index contributed by atoms with van der Waals surface area (Å²) in [6.07, 6.45) is 3.65. The number of anilines is 1. The van der Waals surface area contributed by atoms with Crippen molar-refractivity contribution in [3.8, 4) is 0 Å². The highest BCUT2D eigenvalue weighted by Crippen LogP contribution is 2.25. The van der Waals surface area contributed by atoms with Crippen molar-refractivity contribution in [1.82, 2.24) is 4.90 Å². The van der Waals surface area contributed by atoms with E-state index in [9.17, 15) is 14.0 Å². The lowest BCUT2D eigenvalue weighted by Crippen LogP contribution is -2.33. The van der Waals surface area contributed by atoms with Crippen LogP contribution in [0.5, 0.6) is 0 Å². The van der Waals surface area contributed by atoms with Crippen LogP contribution < -0.4 is 4.90 Å². The van der Waals surface area contributed by atoms with E-state index in [0.29, 0.717) is 5.69 Å². The maximum absolute atomic E-state index is 13.1. The zero-order valence-corrected chi connectivity index (χ0v) is 13.2. The zero-order valence-electron chi connectivity index (χ0n) is 13.2. The first kappa shape index (κ1) is 15.9. The smallest absolute Gasteiger partial charge is 0.282 e. The summed E-state index contributed by atoms with van der Waals surface area (Å²) in [6, 6.07) is 14.2. The Kier molecular flexibility index (Phi) is 4.42. The Labute approximate surface area is 139 Å². The van der Waals surface area contributed by atoms with Crippen LogP contribution in [0.3, 0.4) is 0 Å². The predicted molar refractivity (Wildman–Crippen MR) is 90.9 cm³/mol. The average molecular weight is 324 g/mol. The largest absolute Gasteiger partial charge is 0.332 e. The molecule has 0 spiro atoms. The van der Waals surface area contributed by atoms with Crippen LogP contribution in [0.2, 0.25) is 0 Å². The summed E-state index contributed by atoms with van der Waals surface area (Å²) in [7, 11) is 0. The topological polar surface area (TPSA) is 40.6 Å². The van der Waals surface area contributed by atoms with Crippen LogP contribution in [0.25, 0.3) is 6.08 Å². The third-order valence-corrected chi connectivity index (χ3v) is 3.95. The number of amides is 3. The molecule has 1 atom stereocenters. The summed E-state index contributed by atoms with van der Waals surface area (Å²) in [4.78, 5) is 27.5. The molecule has 0 bridgehead atoms. The number of rotatable bonds is 4. The Morgan fingerprint density at radius 3 is 2.38 bits per heavy atom. The molecule has 1 aliphatic rings. The van der Waals surface area contributed by atoms with Crippen molar-refractivity contribution < 1.29 is 14.0 Å². The van der Waals surface area contributed by atoms with Crippen LogP contribution in [0, 0.1) is 5.82 Å². The molecule has 1 heterocycles. The first-order valence-corrected chi connectivity index (χ1v) is 7.69. The van der Waals surface area contributed by atoms with Crippen molar-refractivity contribution in [2.75, 3.05) is 11.4 Å². The lowest BCUT2D eigenvalue weighted by atomic mass is 10.2. The van der Waals surface area contributed by atoms with Crippen molar-refractivity contribution in [1.29, 1.82) is 0 Å². The van der Waals surface area contributed by atoms with E-state index in [1.807, 2.05) is 36.4 Å². The van der Waals surface area contributed by atoms with Gasteiger partial charge in [0.25, 0.3) is 5.91 Å². The summed E-state index contributed by atoms with van der Waals surface area (Å²) in [6.45, 7) is 1.87. The van der Waals surface area contributed by atoms with E-state index in [4.69, 9.17) is 0 Å². The van der Waals surface area contributed by atoms with Gasteiger partial charge in [-0.05, 0) is 36.8 Å². The summed E-state index contributed by atoms with van der Waals surface area (Å²) in [5.41, 5.74) is 1.51. The fourth-order valence-corrected chi connectivity index (χ4v) is 2.69. The SMILES string of the molecule is CC1C(=O)N(CC=Cc2ccccc2)C(=O)N1c1ccc(F)cc1. The summed E-state index contributed by atoms with van der Waals surface area (Å²) in [5, 5.41) is 0. The third-order valence-electron chi connectivity index (χ3n) is 3.95. The number of imide groups is 1. The van der Waals surface area contributed by atoms with Crippen molar-refractivity contribution in [3.63, 3.8) is 0 Å². The number of carbonyl (C=O) groups excluding carboxylic acids is 2. The van der Waals surface area contributed by atoms with E-state index < -0.39 is 12.1 Å². The molecule has 0 saturated carbocycles. The van der Waals surface area contributed by atoms with Crippen molar-refractivity contribution in [2.24, 2.45) is 0 Å². The van der Waals surface area contributed by atoms with Crippen LogP contribution in [0.15, 0.2) is 60.7 Å². The average Bonchev–Trinajstić information content (AvgIpc) is 2.80. The molecule has 0 aromatic heterocycles. The maximum Gasteiger partial charge on any atom is 0.332 e. The van der Waals surface area contributed by atoms with Crippen molar-refractivity contribution in [2.45, 2.75) is 13.0 Å². The number of carbonyl (C=O) groups is 2. The Bertz CT molecular complexity index is 772. The summed E-state index contributed by atoms with van der Waals surface area (Å²) < 4.78 is 13.1. The lowest BCUT2D eigenvalue weighted by molar-refractivity contribution is -0.126. The number of hydrogen-bond donors (Lipinski definition) is 0. The molecule has 0 N–H and O–H groups in total. The van der Waals surface area contributed by atoms with Gasteiger partial charge in [-0.25, -0.2) is 9.18 Å². The maximum atomic E-state index is 13.1. The third kappa shape index (κ3) is 3.06. The molecule has 1 fully saturated rings. The fraction of sp³-hybridized carbons (Fsp3) is 0.158. The molecule has 1 unspecified atom stereocenters. The Morgan fingerprint density at radius 2 is 1.71 bits per heavy atom. The standard InChI is InChI=1S/C19H17FN2O2/c1-14-18(23)21(13-5-8-15-6-3-2-4-7-15)19(24)22(14)17-11-9-16(20)10-12-17/h2-12,14H,13H2,1H3. The monoisotopic (exact) mass is 324 g/mol. The van der Waals surface area contributed by atoms with Gasteiger partial charge in [0.05, 0.1) is 0 Å². The number of hydrogen-bond acceptors (Lipinski definition) is 2. The first-order chi connectivity index (χ1) is 11.6. The van der Waals surface area contributed by atoms with Crippen LogP contribution in [-0.4, -0.2) is 29.4 Å². The molecule has 3 amide bonds. The van der Waals surface area contributed by atoms with E-state index in [-0.39, 0.29) is 18.3 Å². The minimum atomic E-state index is -0.604. The quantitative estimate of drug-likeness (QED) is 0.805. The van der Waals surface area contributed by atoms with Crippen molar-refractivity contribution in [3.05, 3.63) is 72.1 Å². The van der Waals surface area contributed by atoms with Crippen LogP contribution in [0.1, 0.15) is 12.5 Å². The number of nitrogens with zero attached hydrogens (tertiary/aromatic N) is 2. The van der Waals surface area contributed by atoms with Crippen LogP contribution in [0.4, 0.5) is 14.9 Å². The summed E-state index contributed by atoms with van der Waals surface area (Å²) in [5.74, 6) is -0.644. The van der Waals surface area contributed by atoms with Gasteiger partial charge in [-0.1, -0.05) is 42.5 Å². The Hall–Kier alpha value is -2.95. The minimum absolute atomic E-state index is 0.203. The second-order valence-electron chi connectivity index (χ2n) is 5.57. The highest BCUT2D eigenvalue weighted by molar-refractivity contribution is 6.14. The van der Waals surface area contributed by atoms with Gasteiger partial charge in [0.2, 0.25) is 0 Å². The Balaban J connectivity index is 1.75. The van der Waals surface area contributed by atoms with Gasteiger partial charge >= 0.3 is 6.03 Å². The van der Waals surface area contributed by atoms with Gasteiger partial charge in [-0.3, -0.25) is 14.6 Å². The second-order valence-corrected chi connectivity index (χ2v) is 5.57. The first-order valence-electron chi connectivity index (χ1n) is 7.69. The van der Waals surface area contributed by atoms with Gasteiger partial charge in [-0.2, -0.15) is 0 Å². The predicted octanol–water partition coefficient (Wildman–Crippen LogP) is 3.70. The Morgan fingerprint density at radius 1 is 1.04 bits per heavy atom. The van der Waals surface area contributed by atoms with Gasteiger partial charge in [0, 0.05) is 12.2 Å². The fourth-order valence-electron chi connectivity index (χ4n) is 2.69. The molecule has 0 aliphatic carbocycles. The zero-order chi connectivity index (χ0) is 17.1. The van der Waals surface area contributed by atoms with E-state index in [1.54, 1.807) is 13.0 Å². The molecular formula is C19H17FN2O2. The van der Waals surface area contributed by atoms with Gasteiger partial charge in [0.15, 0.2) is 0 Å². The molecule has 0 radical (unpaired) electrons. The number of urea groups is 1. The van der Waals surface area contributed by atoms with E-state index in [1.165, 1.54) is 34.1 Å². The molecule has 5 heteroatoms. The van der Waals surface area contributed by atoms with E-state index >= 15 is 0 Å². The molecule has 4 nitrogen and oxygen atoms in total. The minimum Gasteiger partial charge on any atom is -0.282 e. The molecule has 1 saturated heterocycles. The molecule has 3 rings (SSSR count). The number of benzene rings is 2. The molecule has 24 heavy (non-hydrogen) atoms. The van der Waals surface area contributed by atoms with Gasteiger partial charge in [0.1, 0.15) is 11.9 Å². The van der Waals surface area contributed by atoms with Gasteiger partial charge < -0.3 is 0 Å². The summed E-state index contributed by atoms with van der Waals surface area (Å²) >= 11 is 0. The highest BCUT2D eigenvalue weighted by atomic mass is 19.1. The van der Waals surface area contributed by atoms with E-state index in [0.717, 1.165) is 5.56 Å². The van der Waals surface area contributed by atoms with Crippen LogP contribution in [-0.2, 0) is 4.79 Å². The normalized spacial score (nSPS) is 18.0. The van der Waals surface area contributed by atoms with Gasteiger partial charge in [-0.15, -0.1) is 0 Å². The lowest BCUT2D eigenvalue weighted by Gasteiger charge is -2.19. The van der Waals surface area contributed by atoms with Crippen molar-refractivity contribution >= 4 is 23.7 Å². The molecular weight excluding hydrogens is 307 g/mol. The molecule has 122 valence electrons.